The van der Waals surface area contributed by atoms with Crippen molar-refractivity contribution >= 4 is 5.69 Å². The topological polar surface area (TPSA) is 89.4 Å². The normalized spacial score (nSPS) is 28.6. The molecule has 0 atom stereocenters. The van der Waals surface area contributed by atoms with Crippen LogP contribution in [0.15, 0.2) is 18.2 Å². The van der Waals surface area contributed by atoms with Gasteiger partial charge in [0.15, 0.2) is 0 Å². The van der Waals surface area contributed by atoms with Gasteiger partial charge in [0.2, 0.25) is 5.82 Å². The molecule has 0 amide bonds. The molecule has 0 aliphatic heterocycles. The third kappa shape index (κ3) is 1.56. The maximum absolute atomic E-state index is 13.8. The standard InChI is InChI=1S/C10H11FN2O3/c11-9-7(10(12)4-6(14)5-10)2-1-3-8(9)13(15)16/h1-3,6,14H,4-5,12H2. The van der Waals surface area contributed by atoms with Gasteiger partial charge in [-0.15, -0.1) is 0 Å². The molecule has 2 rings (SSSR count). The molecule has 1 aromatic rings. The third-order valence-electron chi connectivity index (χ3n) is 2.91. The highest BCUT2D eigenvalue weighted by Crippen LogP contribution is 2.41. The summed E-state index contributed by atoms with van der Waals surface area (Å²) in [6.45, 7) is 0. The summed E-state index contributed by atoms with van der Waals surface area (Å²) >= 11 is 0. The van der Waals surface area contributed by atoms with Gasteiger partial charge in [0.1, 0.15) is 0 Å². The number of aliphatic hydroxyl groups excluding tert-OH is 1. The van der Waals surface area contributed by atoms with Gasteiger partial charge in [0.05, 0.1) is 11.0 Å². The molecule has 1 aromatic carbocycles. The number of rotatable bonds is 2. The first kappa shape index (κ1) is 11.0. The highest BCUT2D eigenvalue weighted by atomic mass is 19.1. The van der Waals surface area contributed by atoms with Gasteiger partial charge in [-0.1, -0.05) is 12.1 Å². The van der Waals surface area contributed by atoms with Crippen LogP contribution in [0.3, 0.4) is 0 Å². The Hall–Kier alpha value is -1.53. The molecule has 0 unspecified atom stereocenters. The minimum atomic E-state index is -0.977. The Kier molecular flexibility index (Phi) is 2.40. The summed E-state index contributed by atoms with van der Waals surface area (Å²) in [5.41, 5.74) is 4.41. The van der Waals surface area contributed by atoms with E-state index in [9.17, 15) is 19.6 Å². The van der Waals surface area contributed by atoms with E-state index in [0.717, 1.165) is 6.07 Å². The second-order valence-corrected chi connectivity index (χ2v) is 4.11. The van der Waals surface area contributed by atoms with Crippen molar-refractivity contribution in [2.45, 2.75) is 24.5 Å². The molecule has 0 bridgehead atoms. The maximum Gasteiger partial charge on any atom is 0.305 e. The van der Waals surface area contributed by atoms with E-state index < -0.39 is 28.1 Å². The van der Waals surface area contributed by atoms with Gasteiger partial charge >= 0.3 is 5.69 Å². The summed E-state index contributed by atoms with van der Waals surface area (Å²) in [7, 11) is 0. The number of nitro groups is 1. The van der Waals surface area contributed by atoms with Crippen molar-refractivity contribution in [1.29, 1.82) is 0 Å². The lowest BCUT2D eigenvalue weighted by atomic mass is 9.70. The van der Waals surface area contributed by atoms with Crippen molar-refractivity contribution in [3.8, 4) is 0 Å². The highest BCUT2D eigenvalue weighted by Gasteiger charge is 2.44. The molecule has 86 valence electrons. The molecule has 1 aliphatic carbocycles. The van der Waals surface area contributed by atoms with Crippen LogP contribution >= 0.6 is 0 Å². The van der Waals surface area contributed by atoms with E-state index >= 15 is 0 Å². The summed E-state index contributed by atoms with van der Waals surface area (Å²) in [6, 6.07) is 3.92. The minimum Gasteiger partial charge on any atom is -0.393 e. The van der Waals surface area contributed by atoms with Crippen LogP contribution in [0.4, 0.5) is 10.1 Å². The van der Waals surface area contributed by atoms with Crippen LogP contribution in [-0.4, -0.2) is 16.1 Å². The van der Waals surface area contributed by atoms with E-state index in [1.165, 1.54) is 12.1 Å². The molecule has 16 heavy (non-hydrogen) atoms. The van der Waals surface area contributed by atoms with Crippen molar-refractivity contribution in [2.24, 2.45) is 5.73 Å². The summed E-state index contributed by atoms with van der Waals surface area (Å²) in [5, 5.41) is 19.7. The van der Waals surface area contributed by atoms with Gasteiger partial charge < -0.3 is 10.8 Å². The number of halogens is 1. The smallest absolute Gasteiger partial charge is 0.305 e. The number of aliphatic hydroxyl groups is 1. The number of nitrogens with zero attached hydrogens (tertiary/aromatic N) is 1. The molecule has 6 heteroatoms. The fourth-order valence-corrected chi connectivity index (χ4v) is 2.05. The van der Waals surface area contributed by atoms with Gasteiger partial charge in [-0.2, -0.15) is 4.39 Å². The molecule has 1 fully saturated rings. The Morgan fingerprint density at radius 3 is 2.69 bits per heavy atom. The quantitative estimate of drug-likeness (QED) is 0.582. The van der Waals surface area contributed by atoms with Crippen molar-refractivity contribution in [2.75, 3.05) is 0 Å². The first-order valence-electron chi connectivity index (χ1n) is 4.84. The lowest BCUT2D eigenvalue weighted by Crippen LogP contribution is -2.52. The van der Waals surface area contributed by atoms with Crippen molar-refractivity contribution in [3.63, 3.8) is 0 Å². The first-order chi connectivity index (χ1) is 7.44. The zero-order valence-electron chi connectivity index (χ0n) is 8.39. The zero-order valence-corrected chi connectivity index (χ0v) is 8.39. The molecule has 1 aliphatic rings. The van der Waals surface area contributed by atoms with Crippen molar-refractivity contribution < 1.29 is 14.4 Å². The van der Waals surface area contributed by atoms with Crippen LogP contribution in [0.1, 0.15) is 18.4 Å². The Morgan fingerprint density at radius 2 is 2.19 bits per heavy atom. The average Bonchev–Trinajstić information content (AvgIpc) is 2.15. The monoisotopic (exact) mass is 226 g/mol. The van der Waals surface area contributed by atoms with E-state index in [2.05, 4.69) is 0 Å². The predicted molar refractivity (Wildman–Crippen MR) is 54.2 cm³/mol. The van der Waals surface area contributed by atoms with Crippen LogP contribution in [0.5, 0.6) is 0 Å². The third-order valence-corrected chi connectivity index (χ3v) is 2.91. The van der Waals surface area contributed by atoms with E-state index in [1.54, 1.807) is 0 Å². The summed E-state index contributed by atoms with van der Waals surface area (Å²) in [5.74, 6) is -0.901. The molecule has 0 saturated heterocycles. The molecule has 0 radical (unpaired) electrons. The highest BCUT2D eigenvalue weighted by molar-refractivity contribution is 5.41. The van der Waals surface area contributed by atoms with E-state index in [0.29, 0.717) is 0 Å². The lowest BCUT2D eigenvalue weighted by Gasteiger charge is -2.42. The molecule has 0 spiro atoms. The molecule has 0 aromatic heterocycles. The van der Waals surface area contributed by atoms with Gasteiger partial charge in [-0.05, 0) is 12.8 Å². The Bertz CT molecular complexity index is 444. The van der Waals surface area contributed by atoms with Crippen molar-refractivity contribution in [3.05, 3.63) is 39.7 Å². The van der Waals surface area contributed by atoms with Crippen LogP contribution < -0.4 is 5.73 Å². The van der Waals surface area contributed by atoms with Crippen LogP contribution in [0, 0.1) is 15.9 Å². The van der Waals surface area contributed by atoms with Gasteiger partial charge in [0.25, 0.3) is 0 Å². The Labute approximate surface area is 90.8 Å². The van der Waals surface area contributed by atoms with E-state index in [4.69, 9.17) is 5.73 Å². The number of hydrogen-bond acceptors (Lipinski definition) is 4. The number of nitro benzene ring substituents is 1. The summed E-state index contributed by atoms with van der Waals surface area (Å²) in [6.07, 6.45) is -0.0976. The molecule has 1 saturated carbocycles. The summed E-state index contributed by atoms with van der Waals surface area (Å²) < 4.78 is 13.8. The fraction of sp³-hybridized carbons (Fsp3) is 0.400. The molecule has 0 heterocycles. The van der Waals surface area contributed by atoms with Gasteiger partial charge in [-0.25, -0.2) is 0 Å². The minimum absolute atomic E-state index is 0.104. The first-order valence-corrected chi connectivity index (χ1v) is 4.84. The Balaban J connectivity index is 2.43. The molecular weight excluding hydrogens is 215 g/mol. The predicted octanol–water partition coefficient (Wildman–Crippen LogP) is 1.04. The van der Waals surface area contributed by atoms with Crippen LogP contribution in [0.2, 0.25) is 0 Å². The van der Waals surface area contributed by atoms with Gasteiger partial charge in [-0.3, -0.25) is 10.1 Å². The number of benzene rings is 1. The van der Waals surface area contributed by atoms with Gasteiger partial charge in [0, 0.05) is 17.2 Å². The second-order valence-electron chi connectivity index (χ2n) is 4.11. The summed E-state index contributed by atoms with van der Waals surface area (Å²) in [4.78, 5) is 9.77. The van der Waals surface area contributed by atoms with Crippen molar-refractivity contribution in [1.82, 2.24) is 0 Å². The SMILES string of the molecule is NC1(c2cccc([N+](=O)[O-])c2F)CC(O)C1. The van der Waals surface area contributed by atoms with Crippen LogP contribution in [0.25, 0.3) is 0 Å². The largest absolute Gasteiger partial charge is 0.393 e. The fourth-order valence-electron chi connectivity index (χ4n) is 2.05. The number of nitrogens with two attached hydrogens (primary N) is 1. The van der Waals surface area contributed by atoms with E-state index in [-0.39, 0.29) is 18.4 Å². The second kappa shape index (κ2) is 3.50. The Morgan fingerprint density at radius 1 is 1.56 bits per heavy atom. The zero-order chi connectivity index (χ0) is 11.9. The van der Waals surface area contributed by atoms with Crippen LogP contribution in [-0.2, 0) is 5.54 Å². The lowest BCUT2D eigenvalue weighted by molar-refractivity contribution is -0.387. The van der Waals surface area contributed by atoms with E-state index in [1.807, 2.05) is 0 Å². The molecule has 3 N–H and O–H groups in total. The molecular formula is C10H11FN2O3. The molecule has 5 nitrogen and oxygen atoms in total. The number of hydrogen-bond donors (Lipinski definition) is 2. The average molecular weight is 226 g/mol. The maximum atomic E-state index is 13.8.